The number of rotatable bonds is 47. The summed E-state index contributed by atoms with van der Waals surface area (Å²) in [5.74, 6) is 0.817. The first-order chi connectivity index (χ1) is 45.6. The Morgan fingerprint density at radius 3 is 1.14 bits per heavy atom. The second-order valence-electron chi connectivity index (χ2n) is 22.8. The molecule has 0 heterocycles. The van der Waals surface area contributed by atoms with Crippen LogP contribution >= 0.6 is 19.2 Å². The van der Waals surface area contributed by atoms with Gasteiger partial charge in [0.05, 0.1) is 189 Å². The molecule has 1 unspecified atom stereocenters. The van der Waals surface area contributed by atoms with E-state index in [-0.39, 0.29) is 30.2 Å². The Labute approximate surface area is 580 Å². The normalized spacial score (nSPS) is 11.8. The number of benzene rings is 4. The number of aliphatic hydroxyl groups excluding tert-OH is 2. The van der Waals surface area contributed by atoms with Gasteiger partial charge in [0.2, 0.25) is 0 Å². The summed E-state index contributed by atoms with van der Waals surface area (Å²) in [4.78, 5) is 0.143. The van der Waals surface area contributed by atoms with Crippen LogP contribution in [0.5, 0.6) is 5.75 Å². The second kappa shape index (κ2) is 60.4. The van der Waals surface area contributed by atoms with E-state index in [9.17, 15) is 8.42 Å². The number of hydrogen-bond acceptors (Lipinski definition) is 20. The maximum atomic E-state index is 10.7. The zero-order valence-electron chi connectivity index (χ0n) is 60.6. The van der Waals surface area contributed by atoms with Gasteiger partial charge in [-0.15, -0.1) is 0 Å². The average Bonchev–Trinajstić information content (AvgIpc) is 0.760. The largest absolute Gasteiger partial charge is 0.497 e. The molecule has 0 aliphatic carbocycles. The lowest BCUT2D eigenvalue weighted by Gasteiger charge is -2.37. The Balaban J connectivity index is 0. The lowest BCUT2D eigenvalue weighted by molar-refractivity contribution is -0.0151. The van der Waals surface area contributed by atoms with E-state index in [4.69, 9.17) is 87.3 Å². The predicted octanol–water partition coefficient (Wildman–Crippen LogP) is 13.1. The Morgan fingerprint density at radius 2 is 0.832 bits per heavy atom. The highest BCUT2D eigenvalue weighted by Gasteiger charge is 2.36. The molecule has 1 atom stereocenters. The summed E-state index contributed by atoms with van der Waals surface area (Å²) in [6.45, 7) is 43.6. The molecule has 3 N–H and O–H groups in total. The Hall–Kier alpha value is -3.58. The van der Waals surface area contributed by atoms with E-state index in [1.165, 1.54) is 12.1 Å². The molecule has 0 amide bonds. The molecule has 0 aliphatic heterocycles. The maximum absolute atomic E-state index is 10.7. The first-order valence-corrected chi connectivity index (χ1v) is 40.3. The van der Waals surface area contributed by atoms with Gasteiger partial charge in [0.15, 0.2) is 0 Å². The van der Waals surface area contributed by atoms with Crippen LogP contribution in [0.1, 0.15) is 105 Å². The fourth-order valence-electron chi connectivity index (χ4n) is 7.62. The zero-order valence-corrected chi connectivity index (χ0v) is 64.0. The third kappa shape index (κ3) is 46.4. The first kappa shape index (κ1) is 93.5. The number of ether oxygens (including phenoxy) is 11. The monoisotopic (exact) mass is 1420 g/mol. The summed E-state index contributed by atoms with van der Waals surface area (Å²) in [5, 5.41) is 30.2. The molecule has 0 saturated carbocycles. The van der Waals surface area contributed by atoms with E-state index in [1.807, 2.05) is 58.9 Å². The summed E-state index contributed by atoms with van der Waals surface area (Å²) in [7, 11) is 1.10. The van der Waals surface area contributed by atoms with Crippen LogP contribution in [0, 0.1) is 18.3 Å². The Bertz CT molecular complexity index is 2410. The Morgan fingerprint density at radius 1 is 0.516 bits per heavy atom. The van der Waals surface area contributed by atoms with Gasteiger partial charge in [-0.2, -0.15) is 5.26 Å². The molecule has 0 saturated heterocycles. The first-order valence-electron chi connectivity index (χ1n) is 33.3. The predicted molar refractivity (Wildman–Crippen MR) is 387 cm³/mol. The number of methoxy groups -OCH3 is 1. The lowest BCUT2D eigenvalue weighted by atomic mass is 9.77. The minimum Gasteiger partial charge on any atom is -0.497 e. The van der Waals surface area contributed by atoms with Gasteiger partial charge in [-0.05, 0) is 80.6 Å². The van der Waals surface area contributed by atoms with Crippen molar-refractivity contribution < 1.29 is 79.8 Å². The van der Waals surface area contributed by atoms with Crippen LogP contribution in [0.25, 0.3) is 0 Å². The van der Waals surface area contributed by atoms with Gasteiger partial charge < -0.3 is 71.4 Å². The lowest BCUT2D eigenvalue weighted by Crippen LogP contribution is -2.46. The quantitative estimate of drug-likeness (QED) is 0.0123. The molecule has 0 aromatic heterocycles. The third-order valence-corrected chi connectivity index (χ3v) is 21.6. The highest BCUT2D eigenvalue weighted by molar-refractivity contribution is 8.13. The topological polar surface area (TPSA) is 234 Å². The molecule has 4 aromatic rings. The molecule has 0 fully saturated rings. The minimum absolute atomic E-state index is 0.0359. The standard InChI is InChI=1S/C41H60N3O8P.C12H26O7.C7H7ClO2S.C7H18Si.2C2H6/c1-35(2)44(36(3)4)53(51-23-12-21-42)52-34-33-50-32-31-49-30-29-48-28-27-47-26-25-46-24-22-43-41(37-13-8-6-9-14-37,38-15-10-7-11-16-38)39-17-19-40(45-5)20-18-39;13-1-3-15-5-7-17-9-11-19-12-10-18-8-6-16-4-2-14;1-6-2-4-7(5-3-6)11(8,9)10;1-7(2,3)8(4,5)6;2*1-2/h6-11,13-20,35-36,43H,12,22-34H2,1-5H3;13-14H,1-12H2;2-5H,1H3;1-6H3;2*1-2H3. The number of nitriles is 1. The fraction of sp³-hybridized carbons (Fsp3) is 0.648. The van der Waals surface area contributed by atoms with Crippen molar-refractivity contribution >= 4 is 36.3 Å². The number of halogens is 1. The van der Waals surface area contributed by atoms with Crippen molar-refractivity contribution in [3.05, 3.63) is 131 Å². The van der Waals surface area contributed by atoms with Crippen LogP contribution in [-0.4, -0.2) is 216 Å². The average molecular weight is 1420 g/mol. The molecule has 546 valence electrons. The molecule has 20 nitrogen and oxygen atoms in total. The maximum Gasteiger partial charge on any atom is 0.261 e. The van der Waals surface area contributed by atoms with Gasteiger partial charge in [0.1, 0.15) is 5.75 Å². The summed E-state index contributed by atoms with van der Waals surface area (Å²) < 4.78 is 95.3. The van der Waals surface area contributed by atoms with E-state index in [2.05, 4.69) is 145 Å². The van der Waals surface area contributed by atoms with Gasteiger partial charge in [-0.25, -0.2) is 13.1 Å². The van der Waals surface area contributed by atoms with Crippen molar-refractivity contribution in [3.63, 3.8) is 0 Å². The van der Waals surface area contributed by atoms with E-state index in [0.29, 0.717) is 163 Å². The number of nitrogens with one attached hydrogen (secondary N) is 1. The molecule has 0 aliphatic rings. The smallest absolute Gasteiger partial charge is 0.261 e. The molecule has 4 rings (SSSR count). The number of aryl methyl sites for hydroxylation is 1. The summed E-state index contributed by atoms with van der Waals surface area (Å²) >= 11 is 0. The van der Waals surface area contributed by atoms with Gasteiger partial charge >= 0.3 is 0 Å². The van der Waals surface area contributed by atoms with Crippen molar-refractivity contribution in [1.29, 1.82) is 5.26 Å². The highest BCUT2D eigenvalue weighted by Crippen LogP contribution is 2.46. The number of nitrogens with zero attached hydrogens (tertiary/aromatic N) is 2. The second-order valence-corrected chi connectivity index (χ2v) is 32.9. The van der Waals surface area contributed by atoms with Crippen LogP contribution in [0.2, 0.25) is 24.7 Å². The van der Waals surface area contributed by atoms with Crippen LogP contribution in [0.4, 0.5) is 0 Å². The van der Waals surface area contributed by atoms with Crippen LogP contribution in [0.3, 0.4) is 0 Å². The van der Waals surface area contributed by atoms with E-state index in [0.717, 1.165) is 28.0 Å². The van der Waals surface area contributed by atoms with Gasteiger partial charge in [-0.3, -0.25) is 5.32 Å². The van der Waals surface area contributed by atoms with Crippen LogP contribution in [0.15, 0.2) is 114 Å². The molecule has 4 aromatic carbocycles. The number of aliphatic hydroxyl groups is 2. The highest BCUT2D eigenvalue weighted by atomic mass is 35.7. The molecule has 0 spiro atoms. The molecule has 95 heavy (non-hydrogen) atoms. The Kier molecular flexibility index (Phi) is 59.4. The fourth-order valence-corrected chi connectivity index (χ4v) is 9.96. The summed E-state index contributed by atoms with van der Waals surface area (Å²) in [6.07, 6.45) is 0.338. The van der Waals surface area contributed by atoms with Crippen molar-refractivity contribution in [2.45, 2.75) is 137 Å². The molecule has 0 radical (unpaired) electrons. The van der Waals surface area contributed by atoms with Crippen LogP contribution in [-0.2, 0) is 71.0 Å². The van der Waals surface area contributed by atoms with E-state index >= 15 is 0 Å². The zero-order chi connectivity index (χ0) is 71.5. The summed E-state index contributed by atoms with van der Waals surface area (Å²) in [5.41, 5.74) is 3.84. The van der Waals surface area contributed by atoms with Crippen LogP contribution < -0.4 is 10.1 Å². The molecule has 0 bridgehead atoms. The van der Waals surface area contributed by atoms with E-state index < -0.39 is 31.2 Å². The third-order valence-electron chi connectivity index (χ3n) is 13.7. The molecule has 24 heteroatoms. The van der Waals surface area contributed by atoms with Gasteiger partial charge in [-0.1, -0.05) is 159 Å². The van der Waals surface area contributed by atoms with E-state index in [1.54, 1.807) is 19.2 Å². The molecular formula is C71H123ClN3O17PSSi. The van der Waals surface area contributed by atoms with Gasteiger partial charge in [0, 0.05) is 37.4 Å². The van der Waals surface area contributed by atoms with Crippen molar-refractivity contribution in [1.82, 2.24) is 9.99 Å². The van der Waals surface area contributed by atoms with Crippen molar-refractivity contribution in [2.24, 2.45) is 0 Å². The minimum atomic E-state index is -3.55. The SMILES string of the molecule is CC.CC.CC(C)(C)[Si](C)(C)C.COc1ccc(C(NCCOCCOCCOCCOCCOCCOP(OCCC#N)N(C(C)C)C(C)C)(c2ccccc2)c2ccccc2)cc1.Cc1ccc(S(=O)(=O)Cl)cc1.OCCOCCOCCOCCOCCOCCO. The number of hydrogen-bond donors (Lipinski definition) is 3. The van der Waals surface area contributed by atoms with Crippen molar-refractivity contribution in [3.8, 4) is 11.8 Å². The molecular weight excluding hydrogens is 1290 g/mol. The van der Waals surface area contributed by atoms with Crippen molar-refractivity contribution in [2.75, 3.05) is 172 Å². The van der Waals surface area contributed by atoms with Gasteiger partial charge in [0.25, 0.3) is 17.6 Å². The summed E-state index contributed by atoms with van der Waals surface area (Å²) in [6, 6.07) is 38.2.